The summed E-state index contributed by atoms with van der Waals surface area (Å²) in [4.78, 5) is 2.25. The van der Waals surface area contributed by atoms with Gasteiger partial charge in [0, 0.05) is 19.3 Å². The zero-order valence-corrected chi connectivity index (χ0v) is 9.94. The minimum absolute atomic E-state index is 0.337. The van der Waals surface area contributed by atoms with Gasteiger partial charge in [-0.25, -0.2) is 8.42 Å². The normalized spacial score (nSPS) is 21.4. The molecule has 1 aromatic carbocycles. The minimum atomic E-state index is -3.21. The molecular weight excluding hydrogens is 226 g/mol. The number of rotatable bonds is 2. The fourth-order valence-electron chi connectivity index (χ4n) is 1.99. The number of β-amino-alcohol motifs (C(OH)–C–C–N with tert-alkyl or cyclic N) is 1. The average molecular weight is 241 g/mol. The summed E-state index contributed by atoms with van der Waals surface area (Å²) in [6.45, 7) is 1.21. The van der Waals surface area contributed by atoms with E-state index in [9.17, 15) is 13.5 Å². The zero-order valence-electron chi connectivity index (χ0n) is 9.13. The Kier molecular flexibility index (Phi) is 2.90. The van der Waals surface area contributed by atoms with Crippen molar-refractivity contribution in [2.24, 2.45) is 0 Å². The van der Waals surface area contributed by atoms with E-state index in [-0.39, 0.29) is 6.10 Å². The molecule has 0 radical (unpaired) electrons. The fraction of sp³-hybridized carbons (Fsp3) is 0.455. The van der Waals surface area contributed by atoms with Crippen molar-refractivity contribution in [3.63, 3.8) is 0 Å². The third-order valence-electron chi connectivity index (χ3n) is 2.77. The van der Waals surface area contributed by atoms with Gasteiger partial charge in [0.15, 0.2) is 9.84 Å². The predicted molar refractivity (Wildman–Crippen MR) is 62.4 cm³/mol. The Hall–Kier alpha value is -1.07. The van der Waals surface area contributed by atoms with Crippen molar-refractivity contribution in [3.05, 3.63) is 24.3 Å². The highest BCUT2D eigenvalue weighted by atomic mass is 32.2. The molecule has 0 unspecified atom stereocenters. The van der Waals surface area contributed by atoms with E-state index >= 15 is 0 Å². The molecule has 4 nitrogen and oxygen atoms in total. The molecule has 0 aliphatic carbocycles. The van der Waals surface area contributed by atoms with Crippen LogP contribution in [0.25, 0.3) is 0 Å². The summed E-state index contributed by atoms with van der Waals surface area (Å²) in [7, 11) is -3.21. The molecule has 1 heterocycles. The Morgan fingerprint density at radius 3 is 2.62 bits per heavy atom. The van der Waals surface area contributed by atoms with Gasteiger partial charge in [0.05, 0.1) is 16.7 Å². The average Bonchev–Trinajstić information content (AvgIpc) is 2.64. The van der Waals surface area contributed by atoms with Gasteiger partial charge in [0.1, 0.15) is 0 Å². The summed E-state index contributed by atoms with van der Waals surface area (Å²) in [5, 5.41) is 9.46. The highest BCUT2D eigenvalue weighted by Gasteiger charge is 2.24. The maximum atomic E-state index is 11.6. The molecule has 1 fully saturated rings. The molecule has 16 heavy (non-hydrogen) atoms. The molecular formula is C11H15NO3S. The topological polar surface area (TPSA) is 57.6 Å². The minimum Gasteiger partial charge on any atom is -0.391 e. The van der Waals surface area contributed by atoms with Gasteiger partial charge in [0.2, 0.25) is 0 Å². The largest absolute Gasteiger partial charge is 0.391 e. The molecule has 1 N–H and O–H groups in total. The van der Waals surface area contributed by atoms with E-state index in [1.54, 1.807) is 18.2 Å². The summed E-state index contributed by atoms with van der Waals surface area (Å²) in [6.07, 6.45) is 1.55. The first-order valence-electron chi connectivity index (χ1n) is 5.20. The zero-order chi connectivity index (χ0) is 11.8. The molecule has 0 saturated carbocycles. The van der Waals surface area contributed by atoms with Crippen LogP contribution in [0.4, 0.5) is 5.69 Å². The van der Waals surface area contributed by atoms with Crippen molar-refractivity contribution in [2.75, 3.05) is 24.2 Å². The number of aliphatic hydroxyl groups is 1. The van der Waals surface area contributed by atoms with Gasteiger partial charge >= 0.3 is 0 Å². The Morgan fingerprint density at radius 2 is 2.06 bits per heavy atom. The number of benzene rings is 1. The molecule has 0 spiro atoms. The second-order valence-electron chi connectivity index (χ2n) is 4.13. The maximum absolute atomic E-state index is 11.6. The summed E-state index contributed by atoms with van der Waals surface area (Å²) in [5.74, 6) is 0. The van der Waals surface area contributed by atoms with E-state index in [0.29, 0.717) is 30.1 Å². The third kappa shape index (κ3) is 2.20. The first kappa shape index (κ1) is 11.4. The van der Waals surface area contributed by atoms with Crippen molar-refractivity contribution in [3.8, 4) is 0 Å². The lowest BCUT2D eigenvalue weighted by Gasteiger charge is -2.20. The van der Waals surface area contributed by atoms with E-state index in [2.05, 4.69) is 0 Å². The van der Waals surface area contributed by atoms with Crippen LogP contribution in [0.15, 0.2) is 29.2 Å². The highest BCUT2D eigenvalue weighted by Crippen LogP contribution is 2.27. The van der Waals surface area contributed by atoms with Crippen LogP contribution < -0.4 is 4.90 Å². The fourth-order valence-corrected chi connectivity index (χ4v) is 2.90. The van der Waals surface area contributed by atoms with E-state index in [0.717, 1.165) is 0 Å². The van der Waals surface area contributed by atoms with Crippen LogP contribution in [0.5, 0.6) is 0 Å². The smallest absolute Gasteiger partial charge is 0.177 e. The molecule has 1 aliphatic heterocycles. The van der Waals surface area contributed by atoms with Crippen LogP contribution in [0.2, 0.25) is 0 Å². The van der Waals surface area contributed by atoms with E-state index in [1.807, 2.05) is 11.0 Å². The van der Waals surface area contributed by atoms with Gasteiger partial charge < -0.3 is 10.0 Å². The maximum Gasteiger partial charge on any atom is 0.177 e. The number of nitrogens with zero attached hydrogens (tertiary/aromatic N) is 1. The molecule has 1 aliphatic rings. The van der Waals surface area contributed by atoms with E-state index in [4.69, 9.17) is 0 Å². The van der Waals surface area contributed by atoms with Gasteiger partial charge in [0.25, 0.3) is 0 Å². The van der Waals surface area contributed by atoms with Crippen LogP contribution in [0.1, 0.15) is 6.42 Å². The Morgan fingerprint density at radius 1 is 1.38 bits per heavy atom. The Balaban J connectivity index is 2.41. The lowest BCUT2D eigenvalue weighted by molar-refractivity contribution is 0.198. The molecule has 0 aromatic heterocycles. The predicted octanol–water partition coefficient (Wildman–Crippen LogP) is 0.661. The Labute approximate surface area is 95.4 Å². The van der Waals surface area contributed by atoms with E-state index in [1.165, 1.54) is 6.26 Å². The van der Waals surface area contributed by atoms with Crippen LogP contribution in [-0.2, 0) is 9.84 Å². The summed E-state index contributed by atoms with van der Waals surface area (Å²) in [5.41, 5.74) is 0.696. The van der Waals surface area contributed by atoms with Gasteiger partial charge in [-0.1, -0.05) is 12.1 Å². The second kappa shape index (κ2) is 4.07. The van der Waals surface area contributed by atoms with Gasteiger partial charge in [-0.3, -0.25) is 0 Å². The number of sulfone groups is 1. The molecule has 5 heteroatoms. The van der Waals surface area contributed by atoms with Gasteiger partial charge in [-0.2, -0.15) is 0 Å². The molecule has 2 rings (SSSR count). The lowest BCUT2D eigenvalue weighted by atomic mass is 10.3. The molecule has 1 saturated heterocycles. The van der Waals surface area contributed by atoms with Crippen LogP contribution in [0, 0.1) is 0 Å². The highest BCUT2D eigenvalue weighted by molar-refractivity contribution is 7.90. The number of hydrogen-bond acceptors (Lipinski definition) is 4. The quantitative estimate of drug-likeness (QED) is 0.826. The van der Waals surface area contributed by atoms with Crippen LogP contribution >= 0.6 is 0 Å². The van der Waals surface area contributed by atoms with E-state index < -0.39 is 9.84 Å². The van der Waals surface area contributed by atoms with Crippen LogP contribution in [-0.4, -0.2) is 39.0 Å². The third-order valence-corrected chi connectivity index (χ3v) is 3.91. The summed E-state index contributed by atoms with van der Waals surface area (Å²) in [6, 6.07) is 6.92. The summed E-state index contributed by atoms with van der Waals surface area (Å²) < 4.78 is 23.2. The SMILES string of the molecule is CS(=O)(=O)c1ccccc1N1CC[C@H](O)C1. The van der Waals surface area contributed by atoms with Crippen molar-refractivity contribution >= 4 is 15.5 Å². The second-order valence-corrected chi connectivity index (χ2v) is 6.11. The number of anilines is 1. The van der Waals surface area contributed by atoms with Crippen molar-refractivity contribution in [1.29, 1.82) is 0 Å². The van der Waals surface area contributed by atoms with Crippen molar-refractivity contribution in [1.82, 2.24) is 0 Å². The molecule has 88 valence electrons. The monoisotopic (exact) mass is 241 g/mol. The molecule has 0 amide bonds. The Bertz CT molecular complexity index is 484. The van der Waals surface area contributed by atoms with Crippen molar-refractivity contribution in [2.45, 2.75) is 17.4 Å². The number of aliphatic hydroxyl groups excluding tert-OH is 1. The number of para-hydroxylation sites is 1. The van der Waals surface area contributed by atoms with Crippen molar-refractivity contribution < 1.29 is 13.5 Å². The molecule has 1 aromatic rings. The number of hydrogen-bond donors (Lipinski definition) is 1. The van der Waals surface area contributed by atoms with Crippen LogP contribution in [0.3, 0.4) is 0 Å². The first-order valence-corrected chi connectivity index (χ1v) is 7.10. The first-order chi connectivity index (χ1) is 7.48. The molecule has 0 bridgehead atoms. The van der Waals surface area contributed by atoms with Gasteiger partial charge in [-0.05, 0) is 18.6 Å². The molecule has 1 atom stereocenters. The van der Waals surface area contributed by atoms with Gasteiger partial charge in [-0.15, -0.1) is 0 Å². The lowest BCUT2D eigenvalue weighted by Crippen LogP contribution is -2.23. The standard InChI is InChI=1S/C11H15NO3S/c1-16(14,15)11-5-3-2-4-10(11)12-7-6-9(13)8-12/h2-5,9,13H,6-8H2,1H3/t9-/m0/s1. The summed E-state index contributed by atoms with van der Waals surface area (Å²) >= 11 is 0.